The van der Waals surface area contributed by atoms with E-state index >= 15 is 0 Å². The fraction of sp³-hybridized carbons (Fsp3) is 0.636. The van der Waals surface area contributed by atoms with Crippen LogP contribution >= 0.6 is 0 Å². The van der Waals surface area contributed by atoms with Crippen LogP contribution in [0.15, 0.2) is 11.8 Å². The van der Waals surface area contributed by atoms with Crippen molar-refractivity contribution < 1.29 is 53.0 Å². The van der Waals surface area contributed by atoms with Gasteiger partial charge in [0.1, 0.15) is 18.3 Å². The van der Waals surface area contributed by atoms with Crippen LogP contribution in [0.3, 0.4) is 0 Å². The van der Waals surface area contributed by atoms with Crippen molar-refractivity contribution >= 4 is 11.9 Å². The van der Waals surface area contributed by atoms with E-state index < -0.39 is 60.9 Å². The number of aliphatic hydroxyl groups excluding tert-OH is 4. The summed E-state index contributed by atoms with van der Waals surface area (Å²) < 4.78 is 41.6. The number of aliphatic hydroxyl groups is 4. The van der Waals surface area contributed by atoms with Crippen molar-refractivity contribution in [1.82, 2.24) is 5.32 Å². The van der Waals surface area contributed by atoms with Crippen LogP contribution < -0.4 is 5.32 Å². The van der Waals surface area contributed by atoms with Gasteiger partial charge in [-0.05, 0) is 6.08 Å². The molecule has 0 aromatic carbocycles. The molecule has 0 fully saturated rings. The largest absolute Gasteiger partial charge is 0.478 e. The van der Waals surface area contributed by atoms with Crippen LogP contribution in [0.2, 0.25) is 0 Å². The molecule has 1 rings (SSSR count). The first kappa shape index (κ1) is 19.2. The molecule has 0 saturated heterocycles. The highest BCUT2D eigenvalue weighted by molar-refractivity contribution is 5.85. The minimum absolute atomic E-state index is 0.526. The summed E-state index contributed by atoms with van der Waals surface area (Å²) in [6.45, 7) is -1.02. The molecule has 12 heteroatoms. The summed E-state index contributed by atoms with van der Waals surface area (Å²) in [5.41, 5.74) is 0. The number of halogens is 3. The number of rotatable bonds is 5. The number of carbonyl (C=O) groups is 2. The highest BCUT2D eigenvalue weighted by Gasteiger charge is 2.47. The molecule has 0 saturated carbocycles. The number of alkyl halides is 3. The number of carboxylic acids is 1. The second kappa shape index (κ2) is 7.12. The van der Waals surface area contributed by atoms with Crippen LogP contribution in [0.5, 0.6) is 0 Å². The number of hydrogen-bond acceptors (Lipinski definition) is 7. The second-order valence-electron chi connectivity index (χ2n) is 4.65. The van der Waals surface area contributed by atoms with E-state index in [1.54, 1.807) is 0 Å². The van der Waals surface area contributed by atoms with Crippen LogP contribution in [0, 0.1) is 0 Å². The molecule has 5 unspecified atom stereocenters. The molecule has 5 atom stereocenters. The van der Waals surface area contributed by atoms with Crippen LogP contribution in [-0.4, -0.2) is 80.7 Å². The summed E-state index contributed by atoms with van der Waals surface area (Å²) in [4.78, 5) is 21.8. The lowest BCUT2D eigenvalue weighted by atomic mass is 9.94. The molecule has 0 aromatic heterocycles. The van der Waals surface area contributed by atoms with Gasteiger partial charge in [0.05, 0.1) is 12.6 Å². The Hall–Kier alpha value is -1.89. The van der Waals surface area contributed by atoms with Crippen molar-refractivity contribution in [2.24, 2.45) is 0 Å². The summed E-state index contributed by atoms with van der Waals surface area (Å²) in [7, 11) is 0. The zero-order valence-electron chi connectivity index (χ0n) is 11.3. The Morgan fingerprint density at radius 2 is 1.91 bits per heavy atom. The van der Waals surface area contributed by atoms with E-state index in [1.807, 2.05) is 0 Å². The Morgan fingerprint density at radius 3 is 2.35 bits per heavy atom. The van der Waals surface area contributed by atoms with Crippen LogP contribution in [0.25, 0.3) is 0 Å². The van der Waals surface area contributed by atoms with Crippen molar-refractivity contribution in [3.8, 4) is 0 Å². The predicted molar refractivity (Wildman–Crippen MR) is 63.7 cm³/mol. The zero-order chi connectivity index (χ0) is 17.9. The van der Waals surface area contributed by atoms with Gasteiger partial charge in [-0.15, -0.1) is 0 Å². The molecule has 0 radical (unpaired) electrons. The van der Waals surface area contributed by atoms with Gasteiger partial charge < -0.3 is 35.6 Å². The first-order valence-electron chi connectivity index (χ1n) is 6.13. The fourth-order valence-electron chi connectivity index (χ4n) is 1.84. The Bertz CT molecular complexity index is 494. The maximum absolute atomic E-state index is 12.3. The van der Waals surface area contributed by atoms with Gasteiger partial charge in [-0.2, -0.15) is 13.2 Å². The molecule has 23 heavy (non-hydrogen) atoms. The number of carbonyl (C=O) groups excluding carboxylic acids is 1. The number of hydrogen-bond donors (Lipinski definition) is 6. The third-order valence-electron chi connectivity index (χ3n) is 2.99. The molecular weight excluding hydrogens is 331 g/mol. The van der Waals surface area contributed by atoms with E-state index in [0.717, 1.165) is 0 Å². The first-order valence-corrected chi connectivity index (χ1v) is 6.13. The fourth-order valence-corrected chi connectivity index (χ4v) is 1.84. The van der Waals surface area contributed by atoms with Crippen molar-refractivity contribution in [3.63, 3.8) is 0 Å². The number of ether oxygens (including phenoxy) is 1. The normalized spacial score (nSPS) is 27.4. The molecular formula is C11H14F3NO8. The van der Waals surface area contributed by atoms with Gasteiger partial charge in [-0.1, -0.05) is 0 Å². The van der Waals surface area contributed by atoms with Crippen LogP contribution in [0.1, 0.15) is 0 Å². The summed E-state index contributed by atoms with van der Waals surface area (Å²) in [6.07, 6.45) is -12.7. The Labute approximate surface area is 126 Å². The highest BCUT2D eigenvalue weighted by atomic mass is 19.4. The monoisotopic (exact) mass is 345 g/mol. The summed E-state index contributed by atoms with van der Waals surface area (Å²) >= 11 is 0. The van der Waals surface area contributed by atoms with Crippen molar-refractivity contribution in [2.75, 3.05) is 6.61 Å². The summed E-state index contributed by atoms with van der Waals surface area (Å²) in [6, 6.07) is -1.91. The smallest absolute Gasteiger partial charge is 0.471 e. The van der Waals surface area contributed by atoms with Crippen molar-refractivity contribution in [1.29, 1.82) is 0 Å². The molecule has 0 spiro atoms. The summed E-state index contributed by atoms with van der Waals surface area (Å²) in [5, 5.41) is 47.7. The van der Waals surface area contributed by atoms with Crippen molar-refractivity contribution in [2.45, 2.75) is 36.6 Å². The van der Waals surface area contributed by atoms with Gasteiger partial charge in [0.15, 0.2) is 6.10 Å². The number of carboxylic acid groups (broad SMARTS) is 1. The van der Waals surface area contributed by atoms with Gasteiger partial charge >= 0.3 is 18.1 Å². The topological polar surface area (TPSA) is 157 Å². The van der Waals surface area contributed by atoms with Gasteiger partial charge in [0, 0.05) is 0 Å². The number of aliphatic carboxylic acids is 1. The van der Waals surface area contributed by atoms with E-state index in [-0.39, 0.29) is 0 Å². The van der Waals surface area contributed by atoms with Gasteiger partial charge in [-0.25, -0.2) is 4.79 Å². The molecule has 0 aromatic rings. The molecule has 0 aliphatic carbocycles. The standard InChI is InChI=1S/C11H14F3NO8/c12-11(13,14)10(22)15-6-3(17)1-5(9(20)21)23-8(6)7(19)4(18)2-16/h1,3-4,6-8,16-19H,2H2,(H,15,22)(H,20,21). The average Bonchev–Trinajstić information content (AvgIpc) is 2.45. The molecule has 1 amide bonds. The molecule has 1 aliphatic rings. The van der Waals surface area contributed by atoms with Crippen molar-refractivity contribution in [3.05, 3.63) is 11.8 Å². The Morgan fingerprint density at radius 1 is 1.35 bits per heavy atom. The van der Waals surface area contributed by atoms with Crippen LogP contribution in [-0.2, 0) is 14.3 Å². The maximum Gasteiger partial charge on any atom is 0.471 e. The quantitative estimate of drug-likeness (QED) is 0.319. The minimum Gasteiger partial charge on any atom is -0.478 e. The van der Waals surface area contributed by atoms with Gasteiger partial charge in [0.25, 0.3) is 0 Å². The van der Waals surface area contributed by atoms with E-state index in [1.165, 1.54) is 5.32 Å². The third kappa shape index (κ3) is 4.54. The van der Waals surface area contributed by atoms with E-state index in [4.69, 9.17) is 14.9 Å². The minimum atomic E-state index is -5.30. The highest BCUT2D eigenvalue weighted by Crippen LogP contribution is 2.24. The molecule has 0 bridgehead atoms. The average molecular weight is 345 g/mol. The Kier molecular flexibility index (Phi) is 5.93. The first-order chi connectivity index (χ1) is 10.5. The molecule has 9 nitrogen and oxygen atoms in total. The van der Waals surface area contributed by atoms with E-state index in [9.17, 15) is 38.1 Å². The molecule has 1 aliphatic heterocycles. The zero-order valence-corrected chi connectivity index (χ0v) is 11.3. The Balaban J connectivity index is 3.10. The third-order valence-corrected chi connectivity index (χ3v) is 2.99. The van der Waals surface area contributed by atoms with Gasteiger partial charge in [0.2, 0.25) is 5.76 Å². The van der Waals surface area contributed by atoms with E-state index in [0.29, 0.717) is 6.08 Å². The van der Waals surface area contributed by atoms with E-state index in [2.05, 4.69) is 0 Å². The summed E-state index contributed by atoms with van der Waals surface area (Å²) in [5.74, 6) is -5.06. The molecule has 6 N–H and O–H groups in total. The van der Waals surface area contributed by atoms with Gasteiger partial charge in [-0.3, -0.25) is 4.79 Å². The maximum atomic E-state index is 12.3. The lowest BCUT2D eigenvalue weighted by molar-refractivity contribution is -0.179. The molecule has 1 heterocycles. The number of amides is 1. The predicted octanol–water partition coefficient (Wildman–Crippen LogP) is -2.52. The van der Waals surface area contributed by atoms with Crippen LogP contribution in [0.4, 0.5) is 13.2 Å². The lowest BCUT2D eigenvalue weighted by Crippen LogP contribution is -2.61. The second-order valence-corrected chi connectivity index (χ2v) is 4.65. The lowest BCUT2D eigenvalue weighted by Gasteiger charge is -2.38. The molecule has 132 valence electrons. The SMILES string of the molecule is O=C(O)C1=CC(O)C(NC(=O)C(F)(F)F)C(C(O)C(O)CO)O1. The number of nitrogens with one attached hydrogen (secondary N) is 1.